The number of sulfonamides is 1. The molecule has 29 heavy (non-hydrogen) atoms. The minimum absolute atomic E-state index is 0.0684. The van der Waals surface area contributed by atoms with Crippen molar-refractivity contribution in [2.24, 2.45) is 0 Å². The van der Waals surface area contributed by atoms with Crippen LogP contribution in [0.15, 0.2) is 41.6 Å². The Balaban J connectivity index is 1.57. The second-order valence-electron chi connectivity index (χ2n) is 6.87. The Bertz CT molecular complexity index is 1140. The maximum Gasteiger partial charge on any atom is 0.240 e. The van der Waals surface area contributed by atoms with Gasteiger partial charge in [0.1, 0.15) is 11.5 Å². The summed E-state index contributed by atoms with van der Waals surface area (Å²) in [6.07, 6.45) is 5.06. The molecule has 4 rings (SSSR count). The summed E-state index contributed by atoms with van der Waals surface area (Å²) < 4.78 is 29.2. The van der Waals surface area contributed by atoms with Crippen molar-refractivity contribution >= 4 is 33.3 Å². The minimum Gasteiger partial charge on any atom is -0.327 e. The number of rotatable bonds is 7. The molecule has 8 nitrogen and oxygen atoms in total. The summed E-state index contributed by atoms with van der Waals surface area (Å²) in [5.41, 5.74) is 2.07. The predicted molar refractivity (Wildman–Crippen MR) is 112 cm³/mol. The van der Waals surface area contributed by atoms with Crippen LogP contribution < -0.4 is 10.0 Å². The third-order valence-electron chi connectivity index (χ3n) is 4.68. The van der Waals surface area contributed by atoms with Crippen LogP contribution in [0.1, 0.15) is 25.6 Å². The maximum absolute atomic E-state index is 12.3. The lowest BCUT2D eigenvalue weighted by Crippen LogP contribution is -2.25. The lowest BCUT2D eigenvalue weighted by atomic mass is 10.3. The fraction of sp³-hybridized carbons (Fsp3) is 0.316. The zero-order valence-corrected chi connectivity index (χ0v) is 17.6. The normalized spacial score (nSPS) is 14.2. The molecule has 1 saturated carbocycles. The lowest BCUT2D eigenvalue weighted by Gasteiger charge is -2.11. The Kier molecular flexibility index (Phi) is 5.28. The average molecular weight is 433 g/mol. The van der Waals surface area contributed by atoms with Gasteiger partial charge in [0.15, 0.2) is 0 Å². The molecule has 0 amide bonds. The van der Waals surface area contributed by atoms with Gasteiger partial charge in [-0.25, -0.2) is 28.1 Å². The number of nitrogens with one attached hydrogen (secondary N) is 2. The monoisotopic (exact) mass is 432 g/mol. The van der Waals surface area contributed by atoms with E-state index in [2.05, 4.69) is 25.0 Å². The maximum atomic E-state index is 12.3. The second-order valence-corrected chi connectivity index (χ2v) is 8.99. The van der Waals surface area contributed by atoms with Crippen molar-refractivity contribution < 1.29 is 8.42 Å². The van der Waals surface area contributed by atoms with E-state index in [0.29, 0.717) is 22.4 Å². The summed E-state index contributed by atoms with van der Waals surface area (Å²) in [5, 5.41) is 3.52. The van der Waals surface area contributed by atoms with Crippen LogP contribution in [0.5, 0.6) is 0 Å². The number of halogens is 1. The highest BCUT2D eigenvalue weighted by atomic mass is 35.5. The highest BCUT2D eigenvalue weighted by molar-refractivity contribution is 7.89. The number of anilines is 2. The average Bonchev–Trinajstić information content (AvgIpc) is 3.42. The molecule has 2 heterocycles. The molecule has 0 radical (unpaired) electrons. The smallest absolute Gasteiger partial charge is 0.240 e. The molecule has 3 aromatic rings. The number of aromatic nitrogens is 4. The van der Waals surface area contributed by atoms with E-state index in [1.807, 2.05) is 18.4 Å². The summed E-state index contributed by atoms with van der Waals surface area (Å²) in [6, 6.07) is 6.54. The van der Waals surface area contributed by atoms with Gasteiger partial charge >= 0.3 is 0 Å². The third kappa shape index (κ3) is 4.26. The van der Waals surface area contributed by atoms with Gasteiger partial charge in [0, 0.05) is 18.3 Å². The van der Waals surface area contributed by atoms with Crippen molar-refractivity contribution in [1.82, 2.24) is 24.2 Å². The van der Waals surface area contributed by atoms with Crippen LogP contribution in [-0.4, -0.2) is 34.0 Å². The SMILES string of the molecule is CCn1c(-c2nc(Nc3ccc(S(=O)(=O)NC4CC4)cc3)ncc2Cl)cnc1C. The summed E-state index contributed by atoms with van der Waals surface area (Å²) in [7, 11) is -3.48. The van der Waals surface area contributed by atoms with Gasteiger partial charge in [-0.2, -0.15) is 0 Å². The zero-order valence-electron chi connectivity index (χ0n) is 16.1. The molecular weight excluding hydrogens is 412 g/mol. The topological polar surface area (TPSA) is 102 Å². The van der Waals surface area contributed by atoms with Gasteiger partial charge in [-0.3, -0.25) is 0 Å². The lowest BCUT2D eigenvalue weighted by molar-refractivity contribution is 0.581. The van der Waals surface area contributed by atoms with Gasteiger partial charge in [-0.05, 0) is 51.0 Å². The Morgan fingerprint density at radius 1 is 1.17 bits per heavy atom. The van der Waals surface area contributed by atoms with Crippen LogP contribution >= 0.6 is 11.6 Å². The van der Waals surface area contributed by atoms with Gasteiger partial charge in [-0.15, -0.1) is 0 Å². The van der Waals surface area contributed by atoms with Crippen LogP contribution in [-0.2, 0) is 16.6 Å². The van der Waals surface area contributed by atoms with Crippen LogP contribution in [0.2, 0.25) is 5.02 Å². The number of benzene rings is 1. The summed E-state index contributed by atoms with van der Waals surface area (Å²) in [4.78, 5) is 13.3. The molecule has 152 valence electrons. The first kappa shape index (κ1) is 19.8. The van der Waals surface area contributed by atoms with E-state index in [1.165, 1.54) is 6.20 Å². The number of hydrogen-bond donors (Lipinski definition) is 2. The fourth-order valence-corrected chi connectivity index (χ4v) is 4.49. The first-order chi connectivity index (χ1) is 13.9. The van der Waals surface area contributed by atoms with E-state index >= 15 is 0 Å². The number of aryl methyl sites for hydroxylation is 1. The summed E-state index contributed by atoms with van der Waals surface area (Å²) in [6.45, 7) is 4.70. The Morgan fingerprint density at radius 2 is 1.90 bits per heavy atom. The minimum atomic E-state index is -3.48. The molecule has 0 aliphatic heterocycles. The molecule has 0 spiro atoms. The summed E-state index contributed by atoms with van der Waals surface area (Å²) >= 11 is 6.32. The predicted octanol–water partition coefficient (Wildman–Crippen LogP) is 3.51. The molecule has 1 aromatic carbocycles. The molecule has 2 aromatic heterocycles. The van der Waals surface area contributed by atoms with Crippen LogP contribution in [0, 0.1) is 6.92 Å². The zero-order chi connectivity index (χ0) is 20.6. The molecule has 1 aliphatic rings. The van der Waals surface area contributed by atoms with Gasteiger partial charge in [0.05, 0.1) is 28.0 Å². The third-order valence-corrected chi connectivity index (χ3v) is 6.49. The Labute approximate surface area is 174 Å². The van der Waals surface area contributed by atoms with Crippen molar-refractivity contribution in [3.63, 3.8) is 0 Å². The van der Waals surface area contributed by atoms with Crippen molar-refractivity contribution in [1.29, 1.82) is 0 Å². The highest BCUT2D eigenvalue weighted by Crippen LogP contribution is 2.28. The molecule has 1 fully saturated rings. The second kappa shape index (κ2) is 7.74. The number of hydrogen-bond acceptors (Lipinski definition) is 6. The van der Waals surface area contributed by atoms with Crippen molar-refractivity contribution in [2.45, 2.75) is 44.2 Å². The molecule has 0 unspecified atom stereocenters. The highest BCUT2D eigenvalue weighted by Gasteiger charge is 2.27. The fourth-order valence-electron chi connectivity index (χ4n) is 3.00. The molecule has 0 atom stereocenters. The molecule has 1 aliphatic carbocycles. The van der Waals surface area contributed by atoms with E-state index in [1.54, 1.807) is 30.5 Å². The van der Waals surface area contributed by atoms with Crippen molar-refractivity contribution in [3.8, 4) is 11.4 Å². The van der Waals surface area contributed by atoms with E-state index in [4.69, 9.17) is 11.6 Å². The molecule has 0 saturated heterocycles. The van der Waals surface area contributed by atoms with E-state index < -0.39 is 10.0 Å². The molecular formula is C19H21ClN6O2S. The summed E-state index contributed by atoms with van der Waals surface area (Å²) in [5.74, 6) is 1.24. The van der Waals surface area contributed by atoms with Crippen molar-refractivity contribution in [3.05, 3.63) is 47.5 Å². The number of nitrogens with zero attached hydrogens (tertiary/aromatic N) is 4. The van der Waals surface area contributed by atoms with Crippen LogP contribution in [0.25, 0.3) is 11.4 Å². The van der Waals surface area contributed by atoms with Gasteiger partial charge in [0.2, 0.25) is 16.0 Å². The molecule has 0 bridgehead atoms. The Morgan fingerprint density at radius 3 is 2.55 bits per heavy atom. The van der Waals surface area contributed by atoms with Crippen molar-refractivity contribution in [2.75, 3.05) is 5.32 Å². The number of imidazole rings is 1. The largest absolute Gasteiger partial charge is 0.327 e. The first-order valence-corrected chi connectivity index (χ1v) is 11.2. The van der Waals surface area contributed by atoms with E-state index in [-0.39, 0.29) is 10.9 Å². The van der Waals surface area contributed by atoms with Gasteiger partial charge in [-0.1, -0.05) is 11.6 Å². The van der Waals surface area contributed by atoms with E-state index in [0.717, 1.165) is 30.9 Å². The van der Waals surface area contributed by atoms with Gasteiger partial charge in [0.25, 0.3) is 0 Å². The van der Waals surface area contributed by atoms with Crippen LogP contribution in [0.3, 0.4) is 0 Å². The molecule has 2 N–H and O–H groups in total. The Hall–Kier alpha value is -2.49. The quantitative estimate of drug-likeness (QED) is 0.592. The standard InChI is InChI=1S/C19H21ClN6O2S/c1-3-26-12(2)21-11-17(26)18-16(20)10-22-19(24-18)23-13-6-8-15(9-7-13)29(27,28)25-14-4-5-14/h6-11,14,25H,3-5H2,1-2H3,(H,22,23,24). The van der Waals surface area contributed by atoms with Crippen LogP contribution in [0.4, 0.5) is 11.6 Å². The van der Waals surface area contributed by atoms with Gasteiger partial charge < -0.3 is 9.88 Å². The first-order valence-electron chi connectivity index (χ1n) is 9.32. The molecule has 10 heteroatoms. The van der Waals surface area contributed by atoms with E-state index in [9.17, 15) is 8.42 Å².